The first-order valence-electron chi connectivity index (χ1n) is 17.1. The Kier molecular flexibility index (Phi) is 12.2. The monoisotopic (exact) mass is 720 g/mol. The highest BCUT2D eigenvalue weighted by Crippen LogP contribution is 2.35. The number of hydrogen-bond donors (Lipinski definition) is 2. The molecular weight excluding hydrogens is 676 g/mol. The van der Waals surface area contributed by atoms with E-state index < -0.39 is 29.8 Å². The number of nitrogens with one attached hydrogen (secondary N) is 1. The first kappa shape index (κ1) is 38.3. The molecule has 8 nitrogen and oxygen atoms in total. The van der Waals surface area contributed by atoms with Crippen molar-refractivity contribution >= 4 is 23.2 Å². The molecule has 5 rings (SSSR count). The Morgan fingerprint density at radius 1 is 0.962 bits per heavy atom. The summed E-state index contributed by atoms with van der Waals surface area (Å²) in [4.78, 5) is 32.7. The fraction of sp³-hybridized carbons (Fsp3) is 0.350. The number of fused-ring (bicyclic) bond motifs is 1. The number of nitrogens with zero attached hydrogens (tertiary/aromatic N) is 3. The smallest absolute Gasteiger partial charge is 0.416 e. The van der Waals surface area contributed by atoms with E-state index in [1.165, 1.54) is 24.3 Å². The molecule has 52 heavy (non-hydrogen) atoms. The quantitative estimate of drug-likeness (QED) is 0.153. The molecule has 12 heteroatoms. The minimum absolute atomic E-state index is 0.176. The molecular formula is C40H44F4N4O4. The van der Waals surface area contributed by atoms with Gasteiger partial charge in [-0.15, -0.1) is 0 Å². The molecule has 0 spiro atoms. The average molecular weight is 721 g/mol. The van der Waals surface area contributed by atoms with Gasteiger partial charge in [0.2, 0.25) is 5.91 Å². The van der Waals surface area contributed by atoms with Crippen LogP contribution in [0.2, 0.25) is 0 Å². The number of carbonyl (C=O) groups is 2. The van der Waals surface area contributed by atoms with E-state index in [2.05, 4.69) is 22.3 Å². The summed E-state index contributed by atoms with van der Waals surface area (Å²) in [6.45, 7) is 5.51. The number of halogens is 4. The molecule has 1 heterocycles. The second kappa shape index (κ2) is 16.6. The Morgan fingerprint density at radius 2 is 1.60 bits per heavy atom. The first-order valence-corrected chi connectivity index (χ1v) is 17.1. The lowest BCUT2D eigenvalue weighted by molar-refractivity contribution is -0.137. The van der Waals surface area contributed by atoms with Gasteiger partial charge in [0, 0.05) is 44.8 Å². The zero-order valence-corrected chi connectivity index (χ0v) is 29.7. The summed E-state index contributed by atoms with van der Waals surface area (Å²) in [6, 6.07) is 23.4. The highest BCUT2D eigenvalue weighted by Gasteiger charge is 2.35. The molecule has 276 valence electrons. The third kappa shape index (κ3) is 9.68. The van der Waals surface area contributed by atoms with Gasteiger partial charge in [0.1, 0.15) is 11.9 Å². The van der Waals surface area contributed by atoms with Crippen molar-refractivity contribution in [3.8, 4) is 5.75 Å². The molecule has 2 N–H and O–H groups in total. The number of likely N-dealkylation sites (N-methyl/N-ethyl adjacent to an activating group) is 1. The molecule has 0 bridgehead atoms. The molecule has 0 fully saturated rings. The molecule has 1 aliphatic heterocycles. The zero-order chi connectivity index (χ0) is 37.6. The molecule has 0 radical (unpaired) electrons. The summed E-state index contributed by atoms with van der Waals surface area (Å²) in [5, 5.41) is 12.8. The van der Waals surface area contributed by atoms with Gasteiger partial charge in [0.15, 0.2) is 5.75 Å². The van der Waals surface area contributed by atoms with Crippen LogP contribution in [0.25, 0.3) is 0 Å². The van der Waals surface area contributed by atoms with Crippen LogP contribution in [-0.4, -0.2) is 72.7 Å². The molecule has 2 amide bonds. The number of rotatable bonds is 12. The zero-order valence-electron chi connectivity index (χ0n) is 29.7. The van der Waals surface area contributed by atoms with Gasteiger partial charge in [-0.2, -0.15) is 13.2 Å². The predicted octanol–water partition coefficient (Wildman–Crippen LogP) is 7.01. The third-order valence-electron chi connectivity index (χ3n) is 9.25. The number of carbonyl (C=O) groups excluding carboxylic acids is 2. The van der Waals surface area contributed by atoms with Crippen LogP contribution in [0.1, 0.15) is 46.5 Å². The van der Waals surface area contributed by atoms with Crippen LogP contribution in [0.4, 0.5) is 28.9 Å². The summed E-state index contributed by atoms with van der Waals surface area (Å²) in [5.74, 6) is -1.10. The minimum atomic E-state index is -4.48. The Labute approximate surface area is 301 Å². The lowest BCUT2D eigenvalue weighted by atomic mass is 9.98. The maximum Gasteiger partial charge on any atom is 0.416 e. The van der Waals surface area contributed by atoms with E-state index in [1.54, 1.807) is 36.1 Å². The van der Waals surface area contributed by atoms with Crippen LogP contribution in [-0.2, 0) is 30.5 Å². The molecule has 0 saturated carbocycles. The normalized spacial score (nSPS) is 16.8. The number of aliphatic hydroxyl groups excluding tert-OH is 1. The van der Waals surface area contributed by atoms with Crippen molar-refractivity contribution < 1.29 is 37.0 Å². The highest BCUT2D eigenvalue weighted by atomic mass is 19.4. The van der Waals surface area contributed by atoms with E-state index in [0.29, 0.717) is 31.7 Å². The fourth-order valence-corrected chi connectivity index (χ4v) is 6.26. The van der Waals surface area contributed by atoms with E-state index in [4.69, 9.17) is 4.74 Å². The number of benzene rings is 4. The molecule has 3 atom stereocenters. The van der Waals surface area contributed by atoms with Crippen LogP contribution in [0.5, 0.6) is 5.75 Å². The summed E-state index contributed by atoms with van der Waals surface area (Å²) in [6.07, 6.45) is -5.11. The minimum Gasteiger partial charge on any atom is -0.486 e. The SMILES string of the molecule is C[C@@H]1CN([C@@H](C)CO)C(=O)c2cccc(NC(=O)Cc3ccc(C(F)(F)F)cc3)c2O[C@@H]1CN(C)Cc1ccc(CN(C)c2cccc(F)c2)cc1. The van der Waals surface area contributed by atoms with Crippen LogP contribution < -0.4 is 15.0 Å². The van der Waals surface area contributed by atoms with Gasteiger partial charge in [0.25, 0.3) is 5.91 Å². The molecule has 4 aromatic carbocycles. The number of aliphatic hydroxyl groups is 1. The second-order valence-corrected chi connectivity index (χ2v) is 13.6. The Balaban J connectivity index is 1.31. The van der Waals surface area contributed by atoms with Gasteiger partial charge in [-0.3, -0.25) is 14.5 Å². The Bertz CT molecular complexity index is 1840. The standard InChI is InChI=1S/C40H44F4N4O4/c1-26-21-48(27(2)25-49)39(51)34-9-6-10-35(45-37(50)19-28-15-17-31(18-16-28)40(42,43)44)38(34)52-36(26)24-46(3)22-29-11-13-30(14-12-29)23-47(4)33-8-5-7-32(41)20-33/h5-18,20,26-27,36,49H,19,21-25H2,1-4H3,(H,45,50)/t26-,27+,36-/m1/s1. The van der Waals surface area contributed by atoms with Crippen LogP contribution in [0.15, 0.2) is 91.0 Å². The van der Waals surface area contributed by atoms with Crippen molar-refractivity contribution in [2.75, 3.05) is 44.0 Å². The van der Waals surface area contributed by atoms with Crippen molar-refractivity contribution in [2.24, 2.45) is 5.92 Å². The average Bonchev–Trinajstić information content (AvgIpc) is 3.10. The van der Waals surface area contributed by atoms with Crippen molar-refractivity contribution in [3.63, 3.8) is 0 Å². The molecule has 0 unspecified atom stereocenters. The number of amides is 2. The van der Waals surface area contributed by atoms with Crippen molar-refractivity contribution in [1.82, 2.24) is 9.80 Å². The molecule has 0 saturated heterocycles. The molecule has 1 aliphatic rings. The molecule has 0 aromatic heterocycles. The lowest BCUT2D eigenvalue weighted by Crippen LogP contribution is -2.49. The topological polar surface area (TPSA) is 85.3 Å². The van der Waals surface area contributed by atoms with Gasteiger partial charge < -0.3 is 25.0 Å². The summed E-state index contributed by atoms with van der Waals surface area (Å²) >= 11 is 0. The number of para-hydroxylation sites is 1. The fourth-order valence-electron chi connectivity index (χ4n) is 6.26. The number of hydrogen-bond acceptors (Lipinski definition) is 6. The first-order chi connectivity index (χ1) is 24.7. The Hall–Kier alpha value is -4.94. The van der Waals surface area contributed by atoms with E-state index >= 15 is 0 Å². The van der Waals surface area contributed by atoms with E-state index in [9.17, 15) is 32.3 Å². The van der Waals surface area contributed by atoms with Gasteiger partial charge in [-0.25, -0.2) is 4.39 Å². The van der Waals surface area contributed by atoms with Gasteiger partial charge in [-0.1, -0.05) is 55.5 Å². The number of ether oxygens (including phenoxy) is 1. The Morgan fingerprint density at radius 3 is 2.23 bits per heavy atom. The largest absolute Gasteiger partial charge is 0.486 e. The summed E-state index contributed by atoms with van der Waals surface area (Å²) in [7, 11) is 3.88. The summed E-state index contributed by atoms with van der Waals surface area (Å²) in [5.41, 5.74) is 3.01. The predicted molar refractivity (Wildman–Crippen MR) is 193 cm³/mol. The third-order valence-corrected chi connectivity index (χ3v) is 9.25. The molecule has 0 aliphatic carbocycles. The van der Waals surface area contributed by atoms with E-state index in [0.717, 1.165) is 28.9 Å². The van der Waals surface area contributed by atoms with Crippen LogP contribution in [0, 0.1) is 11.7 Å². The van der Waals surface area contributed by atoms with Crippen molar-refractivity contribution in [1.29, 1.82) is 0 Å². The maximum atomic E-state index is 13.8. The van der Waals surface area contributed by atoms with Crippen molar-refractivity contribution in [3.05, 3.63) is 125 Å². The van der Waals surface area contributed by atoms with Gasteiger partial charge in [-0.05, 0) is 73.1 Å². The molecule has 4 aromatic rings. The van der Waals surface area contributed by atoms with Crippen LogP contribution in [0.3, 0.4) is 0 Å². The number of alkyl halides is 3. The van der Waals surface area contributed by atoms with E-state index in [-0.39, 0.29) is 47.7 Å². The summed E-state index contributed by atoms with van der Waals surface area (Å²) < 4.78 is 59.4. The van der Waals surface area contributed by atoms with Crippen LogP contribution >= 0.6 is 0 Å². The van der Waals surface area contributed by atoms with Gasteiger partial charge in [0.05, 0.1) is 35.9 Å². The lowest BCUT2D eigenvalue weighted by Gasteiger charge is -2.38. The second-order valence-electron chi connectivity index (χ2n) is 13.6. The highest BCUT2D eigenvalue weighted by molar-refractivity contribution is 6.02. The van der Waals surface area contributed by atoms with Gasteiger partial charge >= 0.3 is 6.18 Å². The number of anilines is 2. The maximum absolute atomic E-state index is 13.8. The van der Waals surface area contributed by atoms with Crippen molar-refractivity contribution in [2.45, 2.75) is 51.7 Å². The van der Waals surface area contributed by atoms with E-state index in [1.807, 2.05) is 44.1 Å².